The van der Waals surface area contributed by atoms with Crippen LogP contribution in [-0.2, 0) is 17.9 Å². The molecule has 0 aliphatic rings. The highest BCUT2D eigenvalue weighted by Gasteiger charge is 2.05. The second-order valence-corrected chi connectivity index (χ2v) is 6.83. The highest BCUT2D eigenvalue weighted by atomic mass is 16.4. The summed E-state index contributed by atoms with van der Waals surface area (Å²) in [6, 6.07) is 0. The van der Waals surface area contributed by atoms with E-state index in [0.29, 0.717) is 0 Å². The maximum absolute atomic E-state index is 9.13. The summed E-state index contributed by atoms with van der Waals surface area (Å²) in [7, 11) is 0. The number of hydrogen-bond acceptors (Lipinski definition) is 4. The molecule has 1 aromatic heterocycles. The Bertz CT molecular complexity index is 405. The SMILES string of the molecule is CCCCCCCCn1cc[n+](CCCCCCCC)n1.NCC(=O)[O-]. The van der Waals surface area contributed by atoms with Crippen molar-refractivity contribution >= 4 is 5.97 Å². The number of nitrogens with two attached hydrogens (primary N) is 1. The first-order valence-corrected chi connectivity index (χ1v) is 10.5. The van der Waals surface area contributed by atoms with E-state index in [2.05, 4.69) is 46.6 Å². The number of carbonyl (C=O) groups excluding carboxylic acids is 1. The zero-order valence-electron chi connectivity index (χ0n) is 17.0. The maximum atomic E-state index is 9.13. The van der Waals surface area contributed by atoms with Crippen molar-refractivity contribution < 1.29 is 14.6 Å². The van der Waals surface area contributed by atoms with Gasteiger partial charge in [-0.2, -0.15) is 0 Å². The van der Waals surface area contributed by atoms with Gasteiger partial charge >= 0.3 is 0 Å². The van der Waals surface area contributed by atoms with E-state index in [1.807, 2.05) is 0 Å². The number of nitrogens with zero attached hydrogens (tertiary/aromatic N) is 3. The Labute approximate surface area is 159 Å². The van der Waals surface area contributed by atoms with Crippen molar-refractivity contribution in [1.29, 1.82) is 0 Å². The van der Waals surface area contributed by atoms with Gasteiger partial charge in [0.25, 0.3) is 0 Å². The van der Waals surface area contributed by atoms with Gasteiger partial charge in [-0.1, -0.05) is 65.2 Å². The summed E-state index contributed by atoms with van der Waals surface area (Å²) in [6.45, 7) is 6.31. The van der Waals surface area contributed by atoms with Gasteiger partial charge in [-0.15, -0.1) is 9.36 Å². The number of unbranched alkanes of at least 4 members (excludes halogenated alkanes) is 10. The third kappa shape index (κ3) is 16.1. The van der Waals surface area contributed by atoms with Crippen LogP contribution >= 0.6 is 0 Å². The molecule has 6 nitrogen and oxygen atoms in total. The van der Waals surface area contributed by atoms with E-state index in [4.69, 9.17) is 9.90 Å². The molecule has 0 aliphatic carbocycles. The van der Waals surface area contributed by atoms with Crippen LogP contribution in [0.25, 0.3) is 0 Å². The molecule has 152 valence electrons. The van der Waals surface area contributed by atoms with Crippen molar-refractivity contribution in [2.24, 2.45) is 5.73 Å². The van der Waals surface area contributed by atoms with E-state index in [1.54, 1.807) is 0 Å². The summed E-state index contributed by atoms with van der Waals surface area (Å²) in [5.74, 6) is -1.22. The molecule has 0 saturated carbocycles. The maximum Gasteiger partial charge on any atom is 0.155 e. The van der Waals surface area contributed by atoms with Gasteiger partial charge in [0.05, 0.1) is 11.2 Å². The van der Waals surface area contributed by atoms with E-state index in [-0.39, 0.29) is 6.54 Å². The van der Waals surface area contributed by atoms with Gasteiger partial charge in [0.1, 0.15) is 13.1 Å². The van der Waals surface area contributed by atoms with Crippen LogP contribution in [0.1, 0.15) is 90.9 Å². The third-order valence-electron chi connectivity index (χ3n) is 4.29. The van der Waals surface area contributed by atoms with Crippen molar-refractivity contribution in [3.8, 4) is 0 Å². The zero-order chi connectivity index (χ0) is 19.5. The molecular formula is C20H40N4O2. The average Bonchev–Trinajstić information content (AvgIpc) is 3.09. The van der Waals surface area contributed by atoms with Crippen LogP contribution in [0.4, 0.5) is 0 Å². The average molecular weight is 369 g/mol. The zero-order valence-corrected chi connectivity index (χ0v) is 17.0. The molecule has 6 heteroatoms. The number of carbonyl (C=O) groups is 1. The lowest BCUT2D eigenvalue weighted by Crippen LogP contribution is -2.36. The topological polar surface area (TPSA) is 87.8 Å². The van der Waals surface area contributed by atoms with Gasteiger partial charge in [0.15, 0.2) is 12.4 Å². The molecule has 0 unspecified atom stereocenters. The number of aromatic nitrogens is 3. The Balaban J connectivity index is 0.00000110. The number of rotatable bonds is 15. The van der Waals surface area contributed by atoms with Crippen LogP contribution < -0.4 is 15.5 Å². The molecule has 1 heterocycles. The smallest absolute Gasteiger partial charge is 0.155 e. The molecule has 26 heavy (non-hydrogen) atoms. The molecule has 0 aromatic carbocycles. The van der Waals surface area contributed by atoms with Crippen molar-refractivity contribution in [1.82, 2.24) is 9.90 Å². The first-order valence-electron chi connectivity index (χ1n) is 10.5. The Kier molecular flexibility index (Phi) is 17.4. The number of aliphatic carboxylic acids is 1. The standard InChI is InChI=1S/C18H36N3.C2H5NO2/c1-3-5-7-9-11-13-15-20-17-18-21(19-20)16-14-12-10-8-6-4-2;3-1-2(4)5/h17-18H,3-16H2,1-2H3;1,3H2,(H,4,5)/q+1;/p-1. The van der Waals surface area contributed by atoms with Gasteiger partial charge in [-0.25, -0.2) is 0 Å². The van der Waals surface area contributed by atoms with Gasteiger partial charge in [0.2, 0.25) is 0 Å². The minimum absolute atomic E-state index is 0.389. The molecule has 2 N–H and O–H groups in total. The van der Waals surface area contributed by atoms with Crippen LogP contribution in [0, 0.1) is 0 Å². The van der Waals surface area contributed by atoms with Gasteiger partial charge in [0, 0.05) is 6.54 Å². The third-order valence-corrected chi connectivity index (χ3v) is 4.29. The van der Waals surface area contributed by atoms with E-state index in [0.717, 1.165) is 13.1 Å². The van der Waals surface area contributed by atoms with Crippen LogP contribution in [0.2, 0.25) is 0 Å². The van der Waals surface area contributed by atoms with Gasteiger partial charge in [-0.3, -0.25) is 0 Å². The highest BCUT2D eigenvalue weighted by Crippen LogP contribution is 2.06. The number of carboxylic acids is 1. The van der Waals surface area contributed by atoms with E-state index in [1.165, 1.54) is 77.0 Å². The molecule has 0 bridgehead atoms. The predicted octanol–water partition coefficient (Wildman–Crippen LogP) is 2.59. The fourth-order valence-corrected chi connectivity index (χ4v) is 2.71. The minimum Gasteiger partial charge on any atom is -0.549 e. The number of aryl methyl sites for hydroxylation is 2. The van der Waals surface area contributed by atoms with Crippen molar-refractivity contribution in [2.45, 2.75) is 104 Å². The first kappa shape index (κ1) is 24.6. The monoisotopic (exact) mass is 368 g/mol. The van der Waals surface area contributed by atoms with E-state index >= 15 is 0 Å². The minimum atomic E-state index is -1.22. The van der Waals surface area contributed by atoms with Crippen molar-refractivity contribution in [3.63, 3.8) is 0 Å². The number of hydrogen-bond donors (Lipinski definition) is 1. The quantitative estimate of drug-likeness (QED) is 0.381. The highest BCUT2D eigenvalue weighted by molar-refractivity contribution is 5.66. The van der Waals surface area contributed by atoms with Crippen LogP contribution in [-0.4, -0.2) is 22.4 Å². The first-order chi connectivity index (χ1) is 12.6. The van der Waals surface area contributed by atoms with Crippen LogP contribution in [0.3, 0.4) is 0 Å². The molecular weight excluding hydrogens is 328 g/mol. The summed E-state index contributed by atoms with van der Waals surface area (Å²) >= 11 is 0. The second kappa shape index (κ2) is 18.4. The Morgan fingerprint density at radius 1 is 0.962 bits per heavy atom. The largest absolute Gasteiger partial charge is 0.549 e. The van der Waals surface area contributed by atoms with Gasteiger partial charge in [-0.05, 0) is 25.7 Å². The molecule has 1 rings (SSSR count). The lowest BCUT2D eigenvalue weighted by Gasteiger charge is -1.98. The van der Waals surface area contributed by atoms with E-state index < -0.39 is 5.97 Å². The molecule has 0 amide bonds. The molecule has 1 aromatic rings. The van der Waals surface area contributed by atoms with Crippen molar-refractivity contribution in [3.05, 3.63) is 12.4 Å². The molecule has 0 atom stereocenters. The predicted molar refractivity (Wildman–Crippen MR) is 103 cm³/mol. The number of carboxylic acid groups (broad SMARTS) is 1. The van der Waals surface area contributed by atoms with E-state index in [9.17, 15) is 0 Å². The van der Waals surface area contributed by atoms with Gasteiger partial charge < -0.3 is 15.6 Å². The van der Waals surface area contributed by atoms with Crippen LogP contribution in [0.5, 0.6) is 0 Å². The fraction of sp³-hybridized carbons (Fsp3) is 0.850. The fourth-order valence-electron chi connectivity index (χ4n) is 2.71. The van der Waals surface area contributed by atoms with Crippen molar-refractivity contribution in [2.75, 3.05) is 6.54 Å². The summed E-state index contributed by atoms with van der Waals surface area (Å²) < 4.78 is 4.22. The molecule has 0 fully saturated rings. The Hall–Kier alpha value is -1.43. The molecule has 0 saturated heterocycles. The Morgan fingerprint density at radius 3 is 2.00 bits per heavy atom. The Morgan fingerprint density at radius 2 is 1.46 bits per heavy atom. The molecule has 0 aliphatic heterocycles. The summed E-state index contributed by atoms with van der Waals surface area (Å²) in [5, 5.41) is 13.7. The summed E-state index contributed by atoms with van der Waals surface area (Å²) in [6.07, 6.45) is 20.5. The second-order valence-electron chi connectivity index (χ2n) is 6.83. The lowest BCUT2D eigenvalue weighted by atomic mass is 10.1. The summed E-state index contributed by atoms with van der Waals surface area (Å²) in [4.78, 5) is 9.13. The van der Waals surface area contributed by atoms with Crippen LogP contribution in [0.15, 0.2) is 12.4 Å². The molecule has 0 spiro atoms. The summed E-state index contributed by atoms with van der Waals surface area (Å²) in [5.41, 5.74) is 4.51. The normalized spacial score (nSPS) is 10.4. The lowest BCUT2D eigenvalue weighted by molar-refractivity contribution is -0.755. The molecule has 0 radical (unpaired) electrons.